The van der Waals surface area contributed by atoms with Gasteiger partial charge in [0, 0.05) is 28.0 Å². The number of para-hydroxylation sites is 1. The second-order valence-electron chi connectivity index (χ2n) is 6.66. The average molecular weight is 550 g/mol. The minimum absolute atomic E-state index is 0. The molecule has 1 aromatic heterocycles. The van der Waals surface area contributed by atoms with Gasteiger partial charge in [0.1, 0.15) is 6.61 Å². The van der Waals surface area contributed by atoms with Crippen LogP contribution in [0.2, 0.25) is 0 Å². The molecule has 0 unspecified atom stereocenters. The summed E-state index contributed by atoms with van der Waals surface area (Å²) in [5, 5.41) is 21.0. The average Bonchev–Trinajstić information content (AvgIpc) is 3.07. The van der Waals surface area contributed by atoms with E-state index in [-0.39, 0.29) is 30.2 Å². The maximum Gasteiger partial charge on any atom is 0.214 e. The Morgan fingerprint density at radius 2 is 1.90 bits per heavy atom. The van der Waals surface area contributed by atoms with Crippen molar-refractivity contribution in [3.05, 3.63) is 81.9 Å². The molecule has 0 bridgehead atoms. The molecule has 30 heavy (non-hydrogen) atoms. The zero-order chi connectivity index (χ0) is 20.2. The fourth-order valence-electron chi connectivity index (χ4n) is 3.52. The van der Waals surface area contributed by atoms with Crippen molar-refractivity contribution in [1.82, 2.24) is 0 Å². The lowest BCUT2D eigenvalue weighted by molar-refractivity contribution is -0.672. The van der Waals surface area contributed by atoms with Crippen molar-refractivity contribution in [2.45, 2.75) is 11.4 Å². The van der Waals surface area contributed by atoms with Crippen molar-refractivity contribution in [3.63, 3.8) is 0 Å². The topological polar surface area (TPSA) is 47.6 Å². The normalized spacial score (nSPS) is 14.5. The summed E-state index contributed by atoms with van der Waals surface area (Å²) in [6, 6.07) is 16.5. The summed E-state index contributed by atoms with van der Waals surface area (Å²) in [5.41, 5.74) is 3.34. The molecule has 1 aliphatic heterocycles. The summed E-state index contributed by atoms with van der Waals surface area (Å²) in [7, 11) is 0. The second kappa shape index (κ2) is 10.6. The first kappa shape index (κ1) is 23.0. The Morgan fingerprint density at radius 3 is 2.70 bits per heavy atom. The monoisotopic (exact) mass is 548 g/mol. The minimum Gasteiger partial charge on any atom is -1.00 e. The number of pyridine rings is 1. The Kier molecular flexibility index (Phi) is 8.13. The number of hydrogen-bond donors (Lipinski definition) is 2. The van der Waals surface area contributed by atoms with E-state index in [1.165, 1.54) is 4.90 Å². The highest BCUT2D eigenvalue weighted by molar-refractivity contribution is 9.10. The van der Waals surface area contributed by atoms with Crippen LogP contribution < -0.4 is 26.4 Å². The van der Waals surface area contributed by atoms with Gasteiger partial charge in [-0.25, -0.2) is 0 Å². The highest BCUT2D eigenvalue weighted by atomic mass is 79.9. The molecule has 7 heteroatoms. The maximum atomic E-state index is 9.46. The van der Waals surface area contributed by atoms with E-state index in [9.17, 15) is 10.2 Å². The highest BCUT2D eigenvalue weighted by Crippen LogP contribution is 2.45. The Balaban J connectivity index is 0.00000256. The van der Waals surface area contributed by atoms with Crippen LogP contribution in [0.25, 0.3) is 17.0 Å². The molecule has 0 aliphatic carbocycles. The summed E-state index contributed by atoms with van der Waals surface area (Å²) in [6.45, 7) is 1.35. The van der Waals surface area contributed by atoms with Gasteiger partial charge in [0.2, 0.25) is 5.52 Å². The largest absolute Gasteiger partial charge is 1.00 e. The number of nitrogens with zero attached hydrogens (tertiary/aromatic N) is 2. The number of halogens is 2. The first-order valence-electron chi connectivity index (χ1n) is 9.47. The molecule has 0 radical (unpaired) electrons. The van der Waals surface area contributed by atoms with Gasteiger partial charge < -0.3 is 32.1 Å². The molecule has 2 aromatic carbocycles. The predicted octanol–water partition coefficient (Wildman–Crippen LogP) is 1.35. The summed E-state index contributed by atoms with van der Waals surface area (Å²) < 4.78 is 3.07. The van der Waals surface area contributed by atoms with Crippen LogP contribution in [0.15, 0.2) is 81.3 Å². The van der Waals surface area contributed by atoms with Crippen LogP contribution in [-0.4, -0.2) is 30.0 Å². The molecule has 4 rings (SSSR count). The molecule has 2 heterocycles. The van der Waals surface area contributed by atoms with Crippen molar-refractivity contribution in [2.75, 3.05) is 24.7 Å². The van der Waals surface area contributed by atoms with Gasteiger partial charge in [-0.2, -0.15) is 4.57 Å². The highest BCUT2D eigenvalue weighted by Gasteiger charge is 2.23. The first-order chi connectivity index (χ1) is 14.2. The van der Waals surface area contributed by atoms with Crippen LogP contribution in [0.1, 0.15) is 5.56 Å². The Hall–Kier alpha value is -1.64. The lowest BCUT2D eigenvalue weighted by Gasteiger charge is -2.18. The third-order valence-electron chi connectivity index (χ3n) is 4.83. The smallest absolute Gasteiger partial charge is 0.214 e. The number of anilines is 1. The molecule has 0 saturated heterocycles. The number of benzene rings is 2. The molecule has 0 atom stereocenters. The number of allylic oxidation sites excluding steroid dienone is 2. The van der Waals surface area contributed by atoms with Crippen molar-refractivity contribution in [3.8, 4) is 0 Å². The lowest BCUT2D eigenvalue weighted by Crippen LogP contribution is -3.00. The van der Waals surface area contributed by atoms with Gasteiger partial charge in [-0.05, 0) is 35.9 Å². The molecular weight excluding hydrogens is 528 g/mol. The fourth-order valence-corrected chi connectivity index (χ4v) is 4.97. The molecule has 156 valence electrons. The fraction of sp³-hybridized carbons (Fsp3) is 0.174. The number of rotatable bonds is 6. The van der Waals surface area contributed by atoms with Crippen molar-refractivity contribution < 1.29 is 31.8 Å². The first-order valence-corrected chi connectivity index (χ1v) is 11.1. The number of thioether (sulfide) groups is 1. The van der Waals surface area contributed by atoms with Crippen molar-refractivity contribution in [2.24, 2.45) is 0 Å². The molecular formula is C23H22Br2N2O2S. The van der Waals surface area contributed by atoms with Crippen molar-refractivity contribution in [1.29, 1.82) is 0 Å². The van der Waals surface area contributed by atoms with E-state index in [0.29, 0.717) is 13.1 Å². The number of fused-ring (bicyclic) bond motifs is 2. The van der Waals surface area contributed by atoms with E-state index >= 15 is 0 Å². The van der Waals surface area contributed by atoms with Gasteiger partial charge in [-0.15, -0.1) is 0 Å². The third kappa shape index (κ3) is 4.81. The summed E-state index contributed by atoms with van der Waals surface area (Å²) in [4.78, 5) is 3.36. The van der Waals surface area contributed by atoms with Crippen LogP contribution in [0.3, 0.4) is 0 Å². The van der Waals surface area contributed by atoms with E-state index in [1.807, 2.05) is 24.4 Å². The standard InChI is InChI=1S/C23H22BrN2O2S.BrH/c24-18-8-9-19-17(10-11-25(12-14-27)21(19)16-18)4-3-7-23-26(13-15-28)20-5-1-2-6-22(20)29-23;/h1-11,16,27-28H,12-15H2;1H/q+1;/p-1. The number of β-amino-alcohol motifs (C(OH)–C–C–N with tert-alkyl or cyclic N) is 1. The van der Waals surface area contributed by atoms with Crippen LogP contribution in [0, 0.1) is 0 Å². The number of hydrogen-bond acceptors (Lipinski definition) is 4. The van der Waals surface area contributed by atoms with Crippen molar-refractivity contribution >= 4 is 50.4 Å². The second-order valence-corrected chi connectivity index (χ2v) is 8.64. The van der Waals surface area contributed by atoms with Crippen LogP contribution in [-0.2, 0) is 6.54 Å². The van der Waals surface area contributed by atoms with Gasteiger partial charge in [-0.1, -0.05) is 52.0 Å². The van der Waals surface area contributed by atoms with Gasteiger partial charge in [-0.3, -0.25) is 0 Å². The van der Waals surface area contributed by atoms with E-state index in [2.05, 4.69) is 74.0 Å². The number of aromatic nitrogens is 1. The van der Waals surface area contributed by atoms with E-state index in [4.69, 9.17) is 0 Å². The molecule has 3 aromatic rings. The van der Waals surface area contributed by atoms with E-state index in [1.54, 1.807) is 11.8 Å². The number of aliphatic hydroxyl groups excluding tert-OH is 2. The molecule has 0 spiro atoms. The van der Waals surface area contributed by atoms with Gasteiger partial charge in [0.15, 0.2) is 12.7 Å². The molecule has 0 amide bonds. The Labute approximate surface area is 199 Å². The predicted molar refractivity (Wildman–Crippen MR) is 123 cm³/mol. The molecule has 1 aliphatic rings. The van der Waals surface area contributed by atoms with Gasteiger partial charge in [0.05, 0.1) is 22.7 Å². The zero-order valence-electron chi connectivity index (χ0n) is 16.2. The molecule has 2 N–H and O–H groups in total. The Bertz CT molecular complexity index is 1100. The number of aliphatic hydroxyl groups is 2. The Morgan fingerprint density at radius 1 is 1.07 bits per heavy atom. The molecule has 4 nitrogen and oxygen atoms in total. The van der Waals surface area contributed by atoms with E-state index in [0.717, 1.165) is 31.7 Å². The summed E-state index contributed by atoms with van der Waals surface area (Å²) in [6.07, 6.45) is 8.27. The van der Waals surface area contributed by atoms with Crippen LogP contribution in [0.5, 0.6) is 0 Å². The zero-order valence-corrected chi connectivity index (χ0v) is 20.2. The molecule has 0 saturated carbocycles. The SMILES string of the molecule is OCCN1C(=CC=Cc2cc[n+](CCO)c3cc(Br)ccc23)Sc2ccccc21.[Br-]. The van der Waals surface area contributed by atoms with E-state index < -0.39 is 0 Å². The van der Waals surface area contributed by atoms with Crippen LogP contribution >= 0.6 is 27.7 Å². The van der Waals surface area contributed by atoms with Gasteiger partial charge >= 0.3 is 0 Å². The summed E-state index contributed by atoms with van der Waals surface area (Å²) >= 11 is 5.26. The van der Waals surface area contributed by atoms with Gasteiger partial charge in [0.25, 0.3) is 0 Å². The van der Waals surface area contributed by atoms with Crippen LogP contribution in [0.4, 0.5) is 5.69 Å². The lowest BCUT2D eigenvalue weighted by atomic mass is 10.1. The third-order valence-corrected chi connectivity index (χ3v) is 6.45. The quantitative estimate of drug-likeness (QED) is 0.456. The maximum absolute atomic E-state index is 9.46. The summed E-state index contributed by atoms with van der Waals surface area (Å²) in [5.74, 6) is 0. The molecule has 0 fully saturated rings. The minimum atomic E-state index is 0.